The van der Waals surface area contributed by atoms with Gasteiger partial charge in [-0.3, -0.25) is 4.79 Å². The number of hydrogen-bond donors (Lipinski definition) is 2. The Morgan fingerprint density at radius 2 is 1.83 bits per heavy atom. The maximum atomic E-state index is 13.5. The van der Waals surface area contributed by atoms with Gasteiger partial charge in [-0.1, -0.05) is 24.0 Å². The number of hydrogen-bond acceptors (Lipinski definition) is 2. The molecule has 2 N–H and O–H groups in total. The summed E-state index contributed by atoms with van der Waals surface area (Å²) in [6.45, 7) is 0.588. The maximum Gasteiger partial charge on any atom is 0.251 e. The van der Waals surface area contributed by atoms with Gasteiger partial charge in [0.25, 0.3) is 5.91 Å². The molecule has 1 amide bonds. The molecule has 3 rings (SSSR count). The van der Waals surface area contributed by atoms with Crippen LogP contribution >= 0.6 is 0 Å². The summed E-state index contributed by atoms with van der Waals surface area (Å²) >= 11 is 0. The number of carbonyl (C=O) groups is 1. The number of rotatable bonds is 3. The number of amides is 1. The minimum Gasteiger partial charge on any atom is -0.393 e. The number of aliphatic hydroxyl groups excluding tert-OH is 1. The third kappa shape index (κ3) is 4.01. The van der Waals surface area contributed by atoms with Crippen LogP contribution < -0.4 is 5.32 Å². The molecule has 0 radical (unpaired) electrons. The van der Waals surface area contributed by atoms with Crippen molar-refractivity contribution in [3.8, 4) is 11.8 Å². The standard InChI is InChI=1S/C20H18FNO2/c21-19-4-2-1-3-16(19)8-5-14-6-9-17(10-7-14)20(24)22-13-15-11-18(23)12-15/h1-4,6-7,9-10,15,18,23H,11-13H2,(H,22,24)/t15-,18+. The monoisotopic (exact) mass is 323 g/mol. The van der Waals surface area contributed by atoms with E-state index >= 15 is 0 Å². The first-order valence-corrected chi connectivity index (χ1v) is 7.94. The Labute approximate surface area is 140 Å². The summed E-state index contributed by atoms with van der Waals surface area (Å²) < 4.78 is 13.5. The molecular weight excluding hydrogens is 305 g/mol. The lowest BCUT2D eigenvalue weighted by atomic mass is 9.82. The number of nitrogens with one attached hydrogen (secondary N) is 1. The Balaban J connectivity index is 1.59. The van der Waals surface area contributed by atoms with Gasteiger partial charge in [0.15, 0.2) is 0 Å². The maximum absolute atomic E-state index is 13.5. The lowest BCUT2D eigenvalue weighted by Crippen LogP contribution is -2.38. The zero-order valence-electron chi connectivity index (χ0n) is 13.1. The zero-order valence-corrected chi connectivity index (χ0v) is 13.1. The Bertz CT molecular complexity index is 783. The van der Waals surface area contributed by atoms with Crippen LogP contribution in [0.25, 0.3) is 0 Å². The third-order valence-electron chi connectivity index (χ3n) is 4.12. The molecule has 0 spiro atoms. The van der Waals surface area contributed by atoms with Gasteiger partial charge in [-0.05, 0) is 55.2 Å². The molecule has 122 valence electrons. The molecule has 1 fully saturated rings. The minimum absolute atomic E-state index is 0.134. The van der Waals surface area contributed by atoms with E-state index in [4.69, 9.17) is 0 Å². The highest BCUT2D eigenvalue weighted by Crippen LogP contribution is 2.26. The SMILES string of the molecule is O=C(NC[C@H]1C[C@@H](O)C1)c1ccc(C#Cc2ccccc2F)cc1. The highest BCUT2D eigenvalue weighted by Gasteiger charge is 2.27. The summed E-state index contributed by atoms with van der Waals surface area (Å²) in [5, 5.41) is 12.1. The topological polar surface area (TPSA) is 49.3 Å². The average Bonchev–Trinajstić information content (AvgIpc) is 2.57. The second-order valence-corrected chi connectivity index (χ2v) is 6.01. The largest absolute Gasteiger partial charge is 0.393 e. The van der Waals surface area contributed by atoms with E-state index in [1.165, 1.54) is 6.07 Å². The van der Waals surface area contributed by atoms with E-state index in [9.17, 15) is 14.3 Å². The summed E-state index contributed by atoms with van der Waals surface area (Å²) in [6, 6.07) is 13.3. The third-order valence-corrected chi connectivity index (χ3v) is 4.12. The molecule has 0 aliphatic heterocycles. The molecule has 0 bridgehead atoms. The fourth-order valence-electron chi connectivity index (χ4n) is 2.61. The van der Waals surface area contributed by atoms with Gasteiger partial charge >= 0.3 is 0 Å². The van der Waals surface area contributed by atoms with Crippen LogP contribution in [-0.2, 0) is 0 Å². The van der Waals surface area contributed by atoms with Crippen LogP contribution in [0.15, 0.2) is 48.5 Å². The van der Waals surface area contributed by atoms with Crippen molar-refractivity contribution >= 4 is 5.91 Å². The van der Waals surface area contributed by atoms with Gasteiger partial charge in [-0.15, -0.1) is 0 Å². The first kappa shape index (κ1) is 16.2. The molecule has 1 saturated carbocycles. The normalized spacial score (nSPS) is 18.9. The molecule has 0 heterocycles. The predicted octanol–water partition coefficient (Wildman–Crippen LogP) is 2.73. The van der Waals surface area contributed by atoms with Crippen molar-refractivity contribution in [3.63, 3.8) is 0 Å². The van der Waals surface area contributed by atoms with Gasteiger partial charge in [0.05, 0.1) is 11.7 Å². The molecule has 4 heteroatoms. The van der Waals surface area contributed by atoms with Crippen molar-refractivity contribution in [1.82, 2.24) is 5.32 Å². The van der Waals surface area contributed by atoms with E-state index in [1.54, 1.807) is 42.5 Å². The molecule has 2 aromatic carbocycles. The van der Waals surface area contributed by atoms with Crippen LogP contribution in [0.4, 0.5) is 4.39 Å². The molecule has 1 aliphatic rings. The summed E-state index contributed by atoms with van der Waals surface area (Å²) in [7, 11) is 0. The average molecular weight is 323 g/mol. The van der Waals surface area contributed by atoms with E-state index in [0.717, 1.165) is 18.4 Å². The Morgan fingerprint density at radius 1 is 1.12 bits per heavy atom. The minimum atomic E-state index is -0.345. The quantitative estimate of drug-likeness (QED) is 0.853. The van der Waals surface area contributed by atoms with Gasteiger partial charge in [-0.25, -0.2) is 4.39 Å². The lowest BCUT2D eigenvalue weighted by Gasteiger charge is -2.31. The van der Waals surface area contributed by atoms with Crippen molar-refractivity contribution < 1.29 is 14.3 Å². The zero-order chi connectivity index (χ0) is 16.9. The van der Waals surface area contributed by atoms with Crippen LogP contribution in [0.2, 0.25) is 0 Å². The first-order chi connectivity index (χ1) is 11.6. The molecule has 0 aromatic heterocycles. The number of carbonyl (C=O) groups excluding carboxylic acids is 1. The molecule has 3 nitrogen and oxygen atoms in total. The van der Waals surface area contributed by atoms with Crippen LogP contribution in [-0.4, -0.2) is 23.7 Å². The van der Waals surface area contributed by atoms with E-state index in [-0.39, 0.29) is 17.8 Å². The molecular formula is C20H18FNO2. The van der Waals surface area contributed by atoms with Crippen LogP contribution in [0.5, 0.6) is 0 Å². The second kappa shape index (κ2) is 7.29. The Kier molecular flexibility index (Phi) is 4.93. The van der Waals surface area contributed by atoms with Gasteiger partial charge < -0.3 is 10.4 Å². The molecule has 0 unspecified atom stereocenters. The summed E-state index contributed by atoms with van der Waals surface area (Å²) in [5.74, 6) is 5.57. The molecule has 1 aliphatic carbocycles. The van der Waals surface area contributed by atoms with E-state index in [1.807, 2.05) is 0 Å². The Hall–Kier alpha value is -2.64. The van der Waals surface area contributed by atoms with Crippen molar-refractivity contribution in [2.45, 2.75) is 18.9 Å². The number of halogens is 1. The van der Waals surface area contributed by atoms with Crippen molar-refractivity contribution in [3.05, 3.63) is 71.0 Å². The van der Waals surface area contributed by atoms with Gasteiger partial charge in [0, 0.05) is 17.7 Å². The van der Waals surface area contributed by atoms with Crippen LogP contribution in [0.1, 0.15) is 34.3 Å². The highest BCUT2D eigenvalue weighted by atomic mass is 19.1. The van der Waals surface area contributed by atoms with E-state index in [2.05, 4.69) is 17.2 Å². The predicted molar refractivity (Wildman–Crippen MR) is 89.9 cm³/mol. The lowest BCUT2D eigenvalue weighted by molar-refractivity contribution is 0.0420. The molecule has 0 atom stereocenters. The van der Waals surface area contributed by atoms with Crippen molar-refractivity contribution in [1.29, 1.82) is 0 Å². The number of aliphatic hydroxyl groups is 1. The van der Waals surface area contributed by atoms with Crippen LogP contribution in [0, 0.1) is 23.6 Å². The van der Waals surface area contributed by atoms with Gasteiger partial charge in [0.2, 0.25) is 0 Å². The molecule has 24 heavy (non-hydrogen) atoms. The van der Waals surface area contributed by atoms with Crippen molar-refractivity contribution in [2.24, 2.45) is 5.92 Å². The fourth-order valence-corrected chi connectivity index (χ4v) is 2.61. The Morgan fingerprint density at radius 3 is 2.50 bits per heavy atom. The smallest absolute Gasteiger partial charge is 0.251 e. The van der Waals surface area contributed by atoms with Crippen LogP contribution in [0.3, 0.4) is 0 Å². The van der Waals surface area contributed by atoms with E-state index < -0.39 is 0 Å². The molecule has 2 aromatic rings. The van der Waals surface area contributed by atoms with Crippen molar-refractivity contribution in [2.75, 3.05) is 6.54 Å². The summed E-state index contributed by atoms with van der Waals surface area (Å²) in [5.41, 5.74) is 1.63. The summed E-state index contributed by atoms with van der Waals surface area (Å²) in [4.78, 5) is 12.0. The fraction of sp³-hybridized carbons (Fsp3) is 0.250. The number of benzene rings is 2. The first-order valence-electron chi connectivity index (χ1n) is 7.94. The van der Waals surface area contributed by atoms with E-state index in [0.29, 0.717) is 23.6 Å². The van der Waals surface area contributed by atoms with Gasteiger partial charge in [0.1, 0.15) is 5.82 Å². The van der Waals surface area contributed by atoms with Gasteiger partial charge in [-0.2, -0.15) is 0 Å². The molecule has 0 saturated heterocycles. The second-order valence-electron chi connectivity index (χ2n) is 6.01. The summed E-state index contributed by atoms with van der Waals surface area (Å²) in [6.07, 6.45) is 1.30. The highest BCUT2D eigenvalue weighted by molar-refractivity contribution is 5.94.